The smallest absolute Gasteiger partial charge is 0.0960 e. The molecule has 1 heterocycles. The molecule has 4 heteroatoms. The normalized spacial score (nSPS) is 14.0. The zero-order valence-corrected chi connectivity index (χ0v) is 11.3. The number of pyridine rings is 1. The van der Waals surface area contributed by atoms with Crippen molar-refractivity contribution in [3.05, 3.63) is 60.3 Å². The van der Waals surface area contributed by atoms with Gasteiger partial charge < -0.3 is 10.2 Å². The molecule has 2 N–H and O–H groups in total. The Labute approximate surface area is 117 Å². The van der Waals surface area contributed by atoms with Crippen molar-refractivity contribution in [3.8, 4) is 0 Å². The molecular formula is C15H17NO2S. The van der Waals surface area contributed by atoms with Crippen LogP contribution < -0.4 is 0 Å². The number of aliphatic hydroxyl groups is 2. The Kier molecular flexibility index (Phi) is 5.39. The van der Waals surface area contributed by atoms with Crippen LogP contribution in [-0.2, 0) is 0 Å². The molecule has 0 radical (unpaired) electrons. The van der Waals surface area contributed by atoms with E-state index in [1.54, 1.807) is 6.20 Å². The molecule has 2 rings (SSSR count). The number of hydrogen-bond donors (Lipinski definition) is 2. The fourth-order valence-electron chi connectivity index (χ4n) is 1.75. The molecule has 0 aliphatic rings. The number of aromatic nitrogens is 1. The summed E-state index contributed by atoms with van der Waals surface area (Å²) in [5.41, 5.74) is 0.837. The number of nitrogens with zero attached hydrogens (tertiary/aromatic N) is 1. The molecule has 2 unspecified atom stereocenters. The van der Waals surface area contributed by atoms with E-state index >= 15 is 0 Å². The molecule has 100 valence electrons. The summed E-state index contributed by atoms with van der Waals surface area (Å²) in [7, 11) is 0. The molecule has 1 aromatic heterocycles. The van der Waals surface area contributed by atoms with E-state index in [-0.39, 0.29) is 0 Å². The van der Waals surface area contributed by atoms with E-state index in [0.29, 0.717) is 12.2 Å². The molecule has 0 bridgehead atoms. The Balaban J connectivity index is 1.80. The molecule has 0 spiro atoms. The van der Waals surface area contributed by atoms with Gasteiger partial charge in [0, 0.05) is 18.4 Å². The molecule has 0 saturated carbocycles. The predicted molar refractivity (Wildman–Crippen MR) is 77.0 cm³/mol. The van der Waals surface area contributed by atoms with Crippen molar-refractivity contribution in [2.24, 2.45) is 0 Å². The molecular weight excluding hydrogens is 258 g/mol. The van der Waals surface area contributed by atoms with Crippen molar-refractivity contribution in [1.82, 2.24) is 4.98 Å². The van der Waals surface area contributed by atoms with E-state index in [4.69, 9.17) is 0 Å². The molecule has 3 nitrogen and oxygen atoms in total. The third-order valence-electron chi connectivity index (χ3n) is 2.74. The highest BCUT2D eigenvalue weighted by Crippen LogP contribution is 2.22. The van der Waals surface area contributed by atoms with Crippen LogP contribution in [0.15, 0.2) is 59.8 Å². The highest BCUT2D eigenvalue weighted by atomic mass is 32.2. The molecule has 0 aliphatic heterocycles. The maximum Gasteiger partial charge on any atom is 0.0960 e. The molecule has 19 heavy (non-hydrogen) atoms. The molecule has 0 saturated heterocycles. The lowest BCUT2D eigenvalue weighted by Gasteiger charge is -2.15. The summed E-state index contributed by atoms with van der Waals surface area (Å²) in [6.45, 7) is 0. The summed E-state index contributed by atoms with van der Waals surface area (Å²) in [5, 5.41) is 20.8. The van der Waals surface area contributed by atoms with Crippen LogP contribution >= 0.6 is 11.8 Å². The molecule has 1 aromatic carbocycles. The summed E-state index contributed by atoms with van der Waals surface area (Å²) in [5.74, 6) is 0.529. The van der Waals surface area contributed by atoms with Crippen LogP contribution in [-0.4, -0.2) is 27.1 Å². The Hall–Kier alpha value is -1.36. The van der Waals surface area contributed by atoms with Gasteiger partial charge in [0.15, 0.2) is 0 Å². The number of aliphatic hydroxyl groups excluding tert-OH is 2. The summed E-state index contributed by atoms with van der Waals surface area (Å²) in [6.07, 6.45) is 0.889. The SMILES string of the molecule is OC(CSc1ccccn1)CC(O)c1ccccc1. The van der Waals surface area contributed by atoms with Crippen molar-refractivity contribution >= 4 is 11.8 Å². The second kappa shape index (κ2) is 7.28. The quantitative estimate of drug-likeness (QED) is 0.796. The Bertz CT molecular complexity index is 478. The third kappa shape index (κ3) is 4.67. The van der Waals surface area contributed by atoms with Gasteiger partial charge in [0.25, 0.3) is 0 Å². The van der Waals surface area contributed by atoms with Gasteiger partial charge in [-0.25, -0.2) is 4.98 Å². The van der Waals surface area contributed by atoms with Gasteiger partial charge in [-0.3, -0.25) is 0 Å². The van der Waals surface area contributed by atoms with Gasteiger partial charge >= 0.3 is 0 Å². The van der Waals surface area contributed by atoms with Crippen LogP contribution in [0.25, 0.3) is 0 Å². The van der Waals surface area contributed by atoms with Crippen molar-refractivity contribution in [2.75, 3.05) is 5.75 Å². The van der Waals surface area contributed by atoms with Gasteiger partial charge in [0.2, 0.25) is 0 Å². The number of hydrogen-bond acceptors (Lipinski definition) is 4. The monoisotopic (exact) mass is 275 g/mol. The van der Waals surface area contributed by atoms with Gasteiger partial charge in [-0.15, -0.1) is 11.8 Å². The average Bonchev–Trinajstić information content (AvgIpc) is 2.47. The lowest BCUT2D eigenvalue weighted by molar-refractivity contribution is 0.0931. The lowest BCUT2D eigenvalue weighted by Crippen LogP contribution is -2.15. The van der Waals surface area contributed by atoms with E-state index in [1.165, 1.54) is 11.8 Å². The Morgan fingerprint density at radius 1 is 1.00 bits per heavy atom. The summed E-state index contributed by atoms with van der Waals surface area (Å²) >= 11 is 1.49. The van der Waals surface area contributed by atoms with E-state index in [9.17, 15) is 10.2 Å². The fraction of sp³-hybridized carbons (Fsp3) is 0.267. The van der Waals surface area contributed by atoms with Gasteiger partial charge in [0.05, 0.1) is 17.2 Å². The maximum atomic E-state index is 10.0. The van der Waals surface area contributed by atoms with Crippen LogP contribution in [0.1, 0.15) is 18.1 Å². The van der Waals surface area contributed by atoms with Gasteiger partial charge in [-0.2, -0.15) is 0 Å². The average molecular weight is 275 g/mol. The Morgan fingerprint density at radius 2 is 1.74 bits per heavy atom. The second-order valence-corrected chi connectivity index (χ2v) is 5.34. The zero-order valence-electron chi connectivity index (χ0n) is 10.5. The van der Waals surface area contributed by atoms with Crippen LogP contribution in [0, 0.1) is 0 Å². The predicted octanol–water partition coefficient (Wildman–Crippen LogP) is 2.66. The fourth-order valence-corrected chi connectivity index (χ4v) is 2.56. The largest absolute Gasteiger partial charge is 0.392 e. The van der Waals surface area contributed by atoms with E-state index < -0.39 is 12.2 Å². The lowest BCUT2D eigenvalue weighted by atomic mass is 10.0. The molecule has 2 atom stereocenters. The highest BCUT2D eigenvalue weighted by molar-refractivity contribution is 7.99. The van der Waals surface area contributed by atoms with Crippen molar-refractivity contribution < 1.29 is 10.2 Å². The topological polar surface area (TPSA) is 53.4 Å². The first-order chi connectivity index (χ1) is 9.25. The van der Waals surface area contributed by atoms with Crippen LogP contribution in [0.4, 0.5) is 0 Å². The first kappa shape index (κ1) is 14.1. The highest BCUT2D eigenvalue weighted by Gasteiger charge is 2.14. The second-order valence-electron chi connectivity index (χ2n) is 4.29. The third-order valence-corrected chi connectivity index (χ3v) is 3.83. The minimum Gasteiger partial charge on any atom is -0.392 e. The van der Waals surface area contributed by atoms with Crippen molar-refractivity contribution in [1.29, 1.82) is 0 Å². The molecule has 0 aliphatic carbocycles. The van der Waals surface area contributed by atoms with Crippen LogP contribution in [0.5, 0.6) is 0 Å². The van der Waals surface area contributed by atoms with Gasteiger partial charge in [-0.05, 0) is 17.7 Å². The number of rotatable bonds is 6. The Morgan fingerprint density at radius 3 is 2.42 bits per heavy atom. The van der Waals surface area contributed by atoms with Gasteiger partial charge in [-0.1, -0.05) is 36.4 Å². The van der Waals surface area contributed by atoms with E-state index in [2.05, 4.69) is 4.98 Å². The first-order valence-corrected chi connectivity index (χ1v) is 7.19. The number of benzene rings is 1. The summed E-state index contributed by atoms with van der Waals surface area (Å²) in [6, 6.07) is 15.1. The van der Waals surface area contributed by atoms with Crippen molar-refractivity contribution in [3.63, 3.8) is 0 Å². The first-order valence-electron chi connectivity index (χ1n) is 6.20. The minimum atomic E-state index is -0.625. The van der Waals surface area contributed by atoms with Crippen LogP contribution in [0.2, 0.25) is 0 Å². The molecule has 0 fully saturated rings. The minimum absolute atomic E-state index is 0.337. The zero-order chi connectivity index (χ0) is 13.5. The molecule has 2 aromatic rings. The summed E-state index contributed by atoms with van der Waals surface area (Å²) < 4.78 is 0. The summed E-state index contributed by atoms with van der Waals surface area (Å²) in [4.78, 5) is 4.18. The molecule has 0 amide bonds. The van der Waals surface area contributed by atoms with Gasteiger partial charge in [0.1, 0.15) is 0 Å². The van der Waals surface area contributed by atoms with Crippen LogP contribution in [0.3, 0.4) is 0 Å². The van der Waals surface area contributed by atoms with E-state index in [1.807, 2.05) is 48.5 Å². The standard InChI is InChI=1S/C15H17NO2S/c17-13(11-19-15-8-4-5-9-16-15)10-14(18)12-6-2-1-3-7-12/h1-9,13-14,17-18H,10-11H2. The van der Waals surface area contributed by atoms with E-state index in [0.717, 1.165) is 10.6 Å². The maximum absolute atomic E-state index is 10.0. The van der Waals surface area contributed by atoms with Crippen molar-refractivity contribution in [2.45, 2.75) is 23.7 Å². The number of thioether (sulfide) groups is 1.